The first kappa shape index (κ1) is 18.8. The molecule has 158 valence electrons. The molecule has 0 spiro atoms. The van der Waals surface area contributed by atoms with Crippen molar-refractivity contribution in [2.75, 3.05) is 13.2 Å². The molecule has 4 unspecified atom stereocenters. The van der Waals surface area contributed by atoms with Gasteiger partial charge in [0.1, 0.15) is 18.3 Å². The van der Waals surface area contributed by atoms with E-state index in [-0.39, 0.29) is 24.9 Å². The Kier molecular flexibility index (Phi) is 4.43. The predicted molar refractivity (Wildman–Crippen MR) is 112 cm³/mol. The van der Waals surface area contributed by atoms with Crippen LogP contribution in [-0.4, -0.2) is 67.9 Å². The molecule has 2 saturated heterocycles. The van der Waals surface area contributed by atoms with E-state index < -0.39 is 6.10 Å². The van der Waals surface area contributed by atoms with Crippen LogP contribution in [0.1, 0.15) is 0 Å². The lowest BCUT2D eigenvalue weighted by molar-refractivity contribution is 0.00706. The van der Waals surface area contributed by atoms with Crippen molar-refractivity contribution in [3.8, 4) is 28.5 Å². The second kappa shape index (κ2) is 7.31. The number of aliphatic hydroxyl groups excluding tert-OH is 1. The summed E-state index contributed by atoms with van der Waals surface area (Å²) in [4.78, 5) is 12.2. The fraction of sp³-hybridized carbons (Fsp3) is 0.286. The minimum atomic E-state index is -0.628. The van der Waals surface area contributed by atoms with Gasteiger partial charge in [0.2, 0.25) is 0 Å². The van der Waals surface area contributed by atoms with Gasteiger partial charge in [0.15, 0.2) is 11.8 Å². The molecule has 31 heavy (non-hydrogen) atoms. The Morgan fingerprint density at radius 2 is 1.84 bits per heavy atom. The van der Waals surface area contributed by atoms with Crippen LogP contribution in [0.4, 0.5) is 0 Å². The van der Waals surface area contributed by atoms with Gasteiger partial charge in [0.05, 0.1) is 35.1 Å². The van der Waals surface area contributed by atoms with E-state index in [1.807, 2.05) is 30.3 Å². The molecular formula is C21H18ClN5O4. The third kappa shape index (κ3) is 3.26. The van der Waals surface area contributed by atoms with E-state index in [1.54, 1.807) is 12.3 Å². The zero-order chi connectivity index (χ0) is 20.9. The molecule has 0 aliphatic carbocycles. The molecule has 4 atom stereocenters. The number of rotatable bonds is 4. The smallest absolute Gasteiger partial charge is 0.296 e. The molecule has 1 aromatic carbocycles. The Balaban J connectivity index is 1.27. The van der Waals surface area contributed by atoms with Crippen LogP contribution >= 0.6 is 11.6 Å². The highest BCUT2D eigenvalue weighted by Crippen LogP contribution is 2.32. The molecule has 2 fully saturated rings. The van der Waals surface area contributed by atoms with Crippen molar-refractivity contribution < 1.29 is 19.3 Å². The molecule has 10 heteroatoms. The lowest BCUT2D eigenvalue weighted by Crippen LogP contribution is -2.34. The standard InChI is InChI=1S/C21H18ClN5O4/c22-12-7-14-20(25-17(12)11-3-1-10(2-4-11)13-5-6-23-27-13)26-21(24-14)31-16-9-30-18-15(28)8-29-19(16)18/h1-7,15-16,18-19,28H,8-9H2,(H,23,27)(H,24,25,26). The Bertz CT molecular complexity index is 1230. The largest absolute Gasteiger partial charge is 0.456 e. The first-order valence-corrected chi connectivity index (χ1v) is 10.3. The van der Waals surface area contributed by atoms with Crippen LogP contribution in [-0.2, 0) is 9.47 Å². The summed E-state index contributed by atoms with van der Waals surface area (Å²) in [6.45, 7) is 0.570. The molecule has 0 saturated carbocycles. The number of imidazole rings is 1. The molecular weight excluding hydrogens is 422 g/mol. The molecule has 9 nitrogen and oxygen atoms in total. The number of hydrogen-bond donors (Lipinski definition) is 3. The van der Waals surface area contributed by atoms with E-state index in [0.717, 1.165) is 16.8 Å². The molecule has 0 radical (unpaired) electrons. The van der Waals surface area contributed by atoms with Gasteiger partial charge in [-0.3, -0.25) is 5.10 Å². The van der Waals surface area contributed by atoms with Crippen molar-refractivity contribution in [2.45, 2.75) is 24.4 Å². The number of benzene rings is 1. The summed E-state index contributed by atoms with van der Waals surface area (Å²) in [7, 11) is 0. The topological polar surface area (TPSA) is 118 Å². The second-order valence-electron chi connectivity index (χ2n) is 7.60. The Morgan fingerprint density at radius 3 is 2.65 bits per heavy atom. The van der Waals surface area contributed by atoms with Crippen LogP contribution in [0.3, 0.4) is 0 Å². The normalized spacial score (nSPS) is 25.2. The highest BCUT2D eigenvalue weighted by atomic mass is 35.5. The maximum atomic E-state index is 9.88. The Hall–Kier alpha value is -2.98. The molecule has 3 aromatic heterocycles. The molecule has 6 rings (SSSR count). The Morgan fingerprint density at radius 1 is 1.03 bits per heavy atom. The van der Waals surface area contributed by atoms with Crippen molar-refractivity contribution in [3.63, 3.8) is 0 Å². The fourth-order valence-electron chi connectivity index (χ4n) is 4.07. The van der Waals surface area contributed by atoms with Crippen LogP contribution < -0.4 is 4.74 Å². The first-order valence-electron chi connectivity index (χ1n) is 9.90. The summed E-state index contributed by atoms with van der Waals surface area (Å²) in [5.41, 5.74) is 4.63. The summed E-state index contributed by atoms with van der Waals surface area (Å²) in [6.07, 6.45) is 0.0534. The molecule has 2 aliphatic rings. The van der Waals surface area contributed by atoms with Crippen LogP contribution in [0.25, 0.3) is 33.7 Å². The summed E-state index contributed by atoms with van der Waals surface area (Å²) < 4.78 is 17.1. The minimum absolute atomic E-state index is 0.245. The van der Waals surface area contributed by atoms with Gasteiger partial charge in [-0.1, -0.05) is 35.9 Å². The SMILES string of the molecule is OC1COC2C(Oc3nc4nc(-c5ccc(-c6ccn[nH]6)cc5)c(Cl)cc4[nH]3)COC12. The number of pyridine rings is 1. The maximum absolute atomic E-state index is 9.88. The van der Waals surface area contributed by atoms with Gasteiger partial charge in [0.25, 0.3) is 6.01 Å². The average Bonchev–Trinajstić information content (AvgIpc) is 3.55. The number of fused-ring (bicyclic) bond motifs is 2. The molecule has 0 amide bonds. The van der Waals surface area contributed by atoms with Gasteiger partial charge < -0.3 is 24.3 Å². The molecule has 5 heterocycles. The lowest BCUT2D eigenvalue weighted by atomic mass is 10.1. The van der Waals surface area contributed by atoms with Gasteiger partial charge >= 0.3 is 0 Å². The number of nitrogens with one attached hydrogen (secondary N) is 2. The Labute approximate surface area is 181 Å². The zero-order valence-electron chi connectivity index (χ0n) is 16.2. The monoisotopic (exact) mass is 439 g/mol. The summed E-state index contributed by atoms with van der Waals surface area (Å²) >= 11 is 6.51. The van der Waals surface area contributed by atoms with Crippen molar-refractivity contribution in [2.24, 2.45) is 0 Å². The van der Waals surface area contributed by atoms with E-state index in [9.17, 15) is 5.11 Å². The fourth-order valence-corrected chi connectivity index (χ4v) is 4.33. The van der Waals surface area contributed by atoms with E-state index in [1.165, 1.54) is 0 Å². The van der Waals surface area contributed by atoms with Crippen LogP contribution in [0.15, 0.2) is 42.6 Å². The van der Waals surface area contributed by atoms with Crippen molar-refractivity contribution in [3.05, 3.63) is 47.6 Å². The van der Waals surface area contributed by atoms with E-state index in [0.29, 0.717) is 34.5 Å². The molecule has 2 aliphatic heterocycles. The molecule has 0 bridgehead atoms. The lowest BCUT2D eigenvalue weighted by Gasteiger charge is -2.15. The number of aromatic nitrogens is 5. The number of ether oxygens (including phenoxy) is 3. The van der Waals surface area contributed by atoms with Gasteiger partial charge in [-0.25, -0.2) is 4.98 Å². The third-order valence-corrected chi connectivity index (χ3v) is 5.91. The maximum Gasteiger partial charge on any atom is 0.296 e. The quantitative estimate of drug-likeness (QED) is 0.447. The number of aromatic amines is 2. The van der Waals surface area contributed by atoms with Gasteiger partial charge in [-0.15, -0.1) is 0 Å². The van der Waals surface area contributed by atoms with Crippen LogP contribution in [0.2, 0.25) is 5.02 Å². The van der Waals surface area contributed by atoms with Crippen molar-refractivity contribution in [1.29, 1.82) is 0 Å². The van der Waals surface area contributed by atoms with E-state index in [4.69, 9.17) is 25.8 Å². The number of aliphatic hydroxyl groups is 1. The summed E-state index contributed by atoms with van der Waals surface area (Å²) in [6, 6.07) is 11.9. The predicted octanol–water partition coefficient (Wildman–Crippen LogP) is 2.57. The van der Waals surface area contributed by atoms with Gasteiger partial charge in [0, 0.05) is 11.8 Å². The van der Waals surface area contributed by atoms with Gasteiger partial charge in [-0.05, 0) is 17.7 Å². The zero-order valence-corrected chi connectivity index (χ0v) is 16.9. The first-order chi connectivity index (χ1) is 15.2. The van der Waals surface area contributed by atoms with Crippen molar-refractivity contribution >= 4 is 22.8 Å². The van der Waals surface area contributed by atoms with Crippen molar-refractivity contribution in [1.82, 2.24) is 25.1 Å². The average molecular weight is 440 g/mol. The highest BCUT2D eigenvalue weighted by Gasteiger charge is 2.48. The molecule has 3 N–H and O–H groups in total. The van der Waals surface area contributed by atoms with Gasteiger partial charge in [-0.2, -0.15) is 10.1 Å². The summed E-state index contributed by atoms with van der Waals surface area (Å²) in [5, 5.41) is 17.3. The highest BCUT2D eigenvalue weighted by molar-refractivity contribution is 6.33. The minimum Gasteiger partial charge on any atom is -0.456 e. The number of halogens is 1. The summed E-state index contributed by atoms with van der Waals surface area (Å²) in [5.74, 6) is 0. The number of H-pyrrole nitrogens is 2. The number of nitrogens with zero attached hydrogens (tertiary/aromatic N) is 3. The van der Waals surface area contributed by atoms with Crippen LogP contribution in [0, 0.1) is 0 Å². The second-order valence-corrected chi connectivity index (χ2v) is 8.01. The van der Waals surface area contributed by atoms with Crippen LogP contribution in [0.5, 0.6) is 6.01 Å². The van der Waals surface area contributed by atoms with E-state index in [2.05, 4.69) is 25.1 Å². The third-order valence-electron chi connectivity index (χ3n) is 5.62. The van der Waals surface area contributed by atoms with E-state index >= 15 is 0 Å². The molecule has 4 aromatic rings. The number of hydrogen-bond acceptors (Lipinski definition) is 7.